The highest BCUT2D eigenvalue weighted by Gasteiger charge is 2.70. The van der Waals surface area contributed by atoms with Crippen LogP contribution in [-0.4, -0.2) is 48.4 Å². The van der Waals surface area contributed by atoms with Crippen LogP contribution in [0.4, 0.5) is 0 Å². The number of aromatic carboxylic acids is 1. The second kappa shape index (κ2) is 11.3. The molecule has 0 saturated heterocycles. The van der Waals surface area contributed by atoms with Crippen molar-refractivity contribution in [1.82, 2.24) is 10.2 Å². The van der Waals surface area contributed by atoms with Crippen LogP contribution in [-0.2, 0) is 9.59 Å². The minimum atomic E-state index is -0.881. The number of hydrogen-bond donors (Lipinski definition) is 2. The van der Waals surface area contributed by atoms with Crippen LogP contribution in [0.3, 0.4) is 0 Å². The number of carboxylic acid groups (broad SMARTS) is 1. The Balaban J connectivity index is 1.32. The van der Waals surface area contributed by atoms with E-state index in [9.17, 15) is 19.5 Å². The van der Waals surface area contributed by atoms with Crippen molar-refractivity contribution in [2.24, 2.45) is 56.7 Å². The molecule has 0 radical (unpaired) electrons. The predicted octanol–water partition coefficient (Wildman–Crippen LogP) is 8.24. The fourth-order valence-electron chi connectivity index (χ4n) is 13.0. The molecule has 0 heterocycles. The van der Waals surface area contributed by atoms with Gasteiger partial charge in [-0.2, -0.15) is 0 Å². The molecule has 6 rings (SSSR count). The third kappa shape index (κ3) is 4.89. The van der Waals surface area contributed by atoms with E-state index in [1.165, 1.54) is 48.2 Å². The van der Waals surface area contributed by atoms with Crippen LogP contribution >= 0.6 is 0 Å². The molecule has 9 atom stereocenters. The van der Waals surface area contributed by atoms with Gasteiger partial charge in [0.2, 0.25) is 0 Å². The molecule has 1 aromatic rings. The largest absolute Gasteiger partial charge is 0.478 e. The van der Waals surface area contributed by atoms with Gasteiger partial charge in [-0.15, -0.1) is 0 Å². The van der Waals surface area contributed by atoms with E-state index in [2.05, 4.69) is 59.5 Å². The Morgan fingerprint density at radius 1 is 0.894 bits per heavy atom. The summed E-state index contributed by atoms with van der Waals surface area (Å²) in [4.78, 5) is 38.2. The van der Waals surface area contributed by atoms with Crippen molar-refractivity contribution >= 4 is 23.4 Å². The van der Waals surface area contributed by atoms with Gasteiger partial charge in [-0.1, -0.05) is 65.0 Å². The van der Waals surface area contributed by atoms with Gasteiger partial charge in [-0.25, -0.2) is 4.79 Å². The molecule has 256 valence electrons. The number of allylic oxidation sites excluding steroid dienone is 3. The van der Waals surface area contributed by atoms with Crippen molar-refractivity contribution < 1.29 is 19.5 Å². The summed E-state index contributed by atoms with van der Waals surface area (Å²) in [6, 6.07) is 7.51. The molecule has 2 amide bonds. The molecule has 0 spiro atoms. The maximum atomic E-state index is 12.8. The van der Waals surface area contributed by atoms with Gasteiger partial charge in [0.25, 0.3) is 0 Å². The fourth-order valence-corrected chi connectivity index (χ4v) is 13.0. The van der Waals surface area contributed by atoms with Gasteiger partial charge in [0.05, 0.1) is 5.56 Å². The van der Waals surface area contributed by atoms with Crippen molar-refractivity contribution in [2.45, 2.75) is 99.3 Å². The average molecular weight is 643 g/mol. The highest BCUT2D eigenvalue weighted by Crippen LogP contribution is 2.77. The Morgan fingerprint density at radius 3 is 2.19 bits per heavy atom. The highest BCUT2D eigenvalue weighted by molar-refractivity contribution is 6.34. The number of nitrogens with one attached hydrogen (secondary N) is 1. The van der Waals surface area contributed by atoms with E-state index < -0.39 is 17.8 Å². The molecule has 2 N–H and O–H groups in total. The summed E-state index contributed by atoms with van der Waals surface area (Å²) in [6.45, 7) is 20.1. The molecule has 4 fully saturated rings. The molecule has 6 nitrogen and oxygen atoms in total. The summed E-state index contributed by atoms with van der Waals surface area (Å²) in [7, 11) is 3.28. The number of nitrogens with zero attached hydrogens (tertiary/aromatic N) is 1. The first-order chi connectivity index (χ1) is 21.9. The quantitative estimate of drug-likeness (QED) is 0.250. The molecular formula is C41H58N2O4. The van der Waals surface area contributed by atoms with Gasteiger partial charge in [0.1, 0.15) is 0 Å². The van der Waals surface area contributed by atoms with E-state index in [0.29, 0.717) is 41.7 Å². The SMILES string of the molecule is C=C(C)[C@@H]1CC[C@]2(CNC(=O)C(=O)N(C)C)CC[C@]3(C)[C@H](CC[C@@H]4[C@@]5(C)CC=C(c6ccc(C(=O)O)cc6)C(C)(C)[C@@H]5CC[C@]43C)[C@@H]12. The topological polar surface area (TPSA) is 86.7 Å². The van der Waals surface area contributed by atoms with E-state index in [1.807, 2.05) is 12.1 Å². The first-order valence-electron chi connectivity index (χ1n) is 18.1. The predicted molar refractivity (Wildman–Crippen MR) is 187 cm³/mol. The van der Waals surface area contributed by atoms with Crippen LogP contribution in [0.1, 0.15) is 115 Å². The third-order valence-electron chi connectivity index (χ3n) is 15.5. The minimum Gasteiger partial charge on any atom is -0.478 e. The summed E-state index contributed by atoms with van der Waals surface area (Å²) in [5.74, 6) is 0.829. The van der Waals surface area contributed by atoms with E-state index in [1.54, 1.807) is 26.2 Å². The highest BCUT2D eigenvalue weighted by atomic mass is 16.4. The first-order valence-corrected chi connectivity index (χ1v) is 18.1. The number of carbonyl (C=O) groups is 3. The van der Waals surface area contributed by atoms with Crippen LogP contribution in [0.15, 0.2) is 42.5 Å². The molecule has 1 aromatic carbocycles. The molecule has 4 saturated carbocycles. The van der Waals surface area contributed by atoms with Crippen molar-refractivity contribution in [1.29, 1.82) is 0 Å². The van der Waals surface area contributed by atoms with Crippen molar-refractivity contribution in [3.63, 3.8) is 0 Å². The number of carboxylic acids is 1. The molecule has 47 heavy (non-hydrogen) atoms. The van der Waals surface area contributed by atoms with E-state index in [0.717, 1.165) is 31.2 Å². The number of benzene rings is 1. The van der Waals surface area contributed by atoms with Crippen molar-refractivity contribution in [3.8, 4) is 0 Å². The number of amides is 2. The zero-order valence-electron chi connectivity index (χ0n) is 30.2. The summed E-state index contributed by atoms with van der Waals surface area (Å²) in [5.41, 5.74) is 4.73. The molecule has 0 aromatic heterocycles. The van der Waals surface area contributed by atoms with Gasteiger partial charge in [-0.3, -0.25) is 9.59 Å². The van der Waals surface area contributed by atoms with E-state index in [-0.39, 0.29) is 27.1 Å². The lowest BCUT2D eigenvalue weighted by molar-refractivity contribution is -0.225. The molecule has 0 aliphatic heterocycles. The molecule has 0 bridgehead atoms. The lowest BCUT2D eigenvalue weighted by atomic mass is 9.32. The van der Waals surface area contributed by atoms with Crippen LogP contribution < -0.4 is 5.32 Å². The normalized spacial score (nSPS) is 40.1. The average Bonchev–Trinajstić information content (AvgIpc) is 3.40. The van der Waals surface area contributed by atoms with Gasteiger partial charge >= 0.3 is 17.8 Å². The van der Waals surface area contributed by atoms with Crippen LogP contribution in [0.2, 0.25) is 0 Å². The Morgan fingerprint density at radius 2 is 1.57 bits per heavy atom. The Labute approximate surface area is 282 Å². The van der Waals surface area contributed by atoms with Gasteiger partial charge in [0, 0.05) is 20.6 Å². The van der Waals surface area contributed by atoms with Gasteiger partial charge in [-0.05, 0) is 145 Å². The Bertz CT molecular complexity index is 1510. The number of carbonyl (C=O) groups excluding carboxylic acids is 2. The summed E-state index contributed by atoms with van der Waals surface area (Å²) in [6.07, 6.45) is 12.9. The maximum Gasteiger partial charge on any atom is 0.335 e. The Hall–Kier alpha value is -2.89. The maximum absolute atomic E-state index is 12.8. The number of fused-ring (bicyclic) bond motifs is 7. The van der Waals surface area contributed by atoms with Crippen molar-refractivity contribution in [2.75, 3.05) is 20.6 Å². The molecule has 0 unspecified atom stereocenters. The van der Waals surface area contributed by atoms with Gasteiger partial charge in [0.15, 0.2) is 0 Å². The standard InChI is InChI=1S/C41H58N2O4/c1-25(2)28-16-21-41(24-42-34(44)35(45)43(8)9)23-22-39(6)30(33(28)41)14-15-32-38(5)19-17-29(26-10-12-27(13-11-26)36(46)47)37(3,4)31(38)18-20-40(32,39)7/h10-13,17,28,30-33H,1,14-16,18-24H2,2-9H3,(H,42,44)(H,46,47)/t28-,30+,31-,32+,33+,38-,39+,40+,41+/m0/s1. The molecule has 6 heteroatoms. The smallest absolute Gasteiger partial charge is 0.335 e. The zero-order valence-corrected chi connectivity index (χ0v) is 30.2. The van der Waals surface area contributed by atoms with Crippen molar-refractivity contribution in [3.05, 3.63) is 53.6 Å². The first kappa shape index (κ1) is 34.0. The summed E-state index contributed by atoms with van der Waals surface area (Å²) in [5, 5.41) is 12.6. The zero-order chi connectivity index (χ0) is 34.3. The lowest BCUT2D eigenvalue weighted by Gasteiger charge is -2.72. The fraction of sp³-hybridized carbons (Fsp3) is 0.683. The summed E-state index contributed by atoms with van der Waals surface area (Å²) >= 11 is 0. The monoisotopic (exact) mass is 642 g/mol. The van der Waals surface area contributed by atoms with E-state index >= 15 is 0 Å². The van der Waals surface area contributed by atoms with E-state index in [4.69, 9.17) is 0 Å². The van der Waals surface area contributed by atoms with Gasteiger partial charge < -0.3 is 15.3 Å². The van der Waals surface area contributed by atoms with Crippen LogP contribution in [0.25, 0.3) is 5.57 Å². The molecule has 5 aliphatic carbocycles. The molecular weight excluding hydrogens is 584 g/mol. The van der Waals surface area contributed by atoms with Crippen LogP contribution in [0, 0.1) is 56.7 Å². The summed E-state index contributed by atoms with van der Waals surface area (Å²) < 4.78 is 0. The minimum absolute atomic E-state index is 0.0149. The third-order valence-corrected chi connectivity index (χ3v) is 15.5. The lowest BCUT2D eigenvalue weighted by Crippen LogP contribution is -2.66. The second-order valence-electron chi connectivity index (χ2n) is 17.9. The number of hydrogen-bond acceptors (Lipinski definition) is 3. The molecule has 5 aliphatic rings. The Kier molecular flexibility index (Phi) is 8.20. The number of rotatable bonds is 5. The second-order valence-corrected chi connectivity index (χ2v) is 17.9. The van der Waals surface area contributed by atoms with Crippen LogP contribution in [0.5, 0.6) is 0 Å². The number of likely N-dealkylation sites (N-methyl/N-ethyl adjacent to an activating group) is 1.